The molecule has 0 aromatic heterocycles. The van der Waals surface area contributed by atoms with Crippen molar-refractivity contribution in [1.29, 1.82) is 0 Å². The number of ether oxygens (including phenoxy) is 2. The zero-order valence-corrected chi connectivity index (χ0v) is 35.4. The first-order chi connectivity index (χ1) is 25.3. The summed E-state index contributed by atoms with van der Waals surface area (Å²) in [6.07, 6.45) is 25.6. The normalized spacial score (nSPS) is 14.9. The second kappa shape index (κ2) is 34.0. The molecule has 0 aliphatic heterocycles. The van der Waals surface area contributed by atoms with Gasteiger partial charge in [-0.1, -0.05) is 135 Å². The van der Waals surface area contributed by atoms with E-state index in [9.17, 15) is 29.3 Å². The average molecular weight is 779 g/mol. The molecule has 0 amide bonds. The Hall–Kier alpha value is -1.33. The molecular formula is C41H81NO10P+. The van der Waals surface area contributed by atoms with Gasteiger partial charge in [0, 0.05) is 12.8 Å². The highest BCUT2D eigenvalue weighted by Crippen LogP contribution is 2.43. The third-order valence-electron chi connectivity index (χ3n) is 9.25. The highest BCUT2D eigenvalue weighted by atomic mass is 31.2. The second-order valence-corrected chi connectivity index (χ2v) is 17.1. The lowest BCUT2D eigenvalue weighted by Crippen LogP contribution is -2.37. The van der Waals surface area contributed by atoms with Crippen molar-refractivity contribution < 1.29 is 52.3 Å². The predicted molar refractivity (Wildman–Crippen MR) is 213 cm³/mol. The van der Waals surface area contributed by atoms with Gasteiger partial charge in [-0.05, 0) is 38.5 Å². The Balaban J connectivity index is 4.50. The van der Waals surface area contributed by atoms with Crippen LogP contribution in [-0.4, -0.2) is 97.3 Å². The molecule has 11 nitrogen and oxygen atoms in total. The number of esters is 2. The second-order valence-electron chi connectivity index (χ2n) is 15.7. The molecule has 0 aromatic carbocycles. The van der Waals surface area contributed by atoms with Gasteiger partial charge in [-0.2, -0.15) is 0 Å². The zero-order valence-electron chi connectivity index (χ0n) is 34.5. The Kier molecular flexibility index (Phi) is 33.1. The number of hydrogen-bond donors (Lipinski definition) is 3. The highest BCUT2D eigenvalue weighted by Gasteiger charge is 2.27. The van der Waals surface area contributed by atoms with Gasteiger partial charge in [0.05, 0.1) is 40.0 Å². The molecule has 3 N–H and O–H groups in total. The maximum atomic E-state index is 12.7. The maximum Gasteiger partial charge on any atom is 0.472 e. The summed E-state index contributed by atoms with van der Waals surface area (Å²) in [7, 11) is 1.39. The first kappa shape index (κ1) is 51.7. The Bertz CT molecular complexity index is 958. The third-order valence-corrected chi connectivity index (χ3v) is 10.2. The van der Waals surface area contributed by atoms with Crippen LogP contribution in [0.3, 0.4) is 0 Å². The van der Waals surface area contributed by atoms with E-state index < -0.39 is 44.7 Å². The molecule has 0 fully saturated rings. The van der Waals surface area contributed by atoms with Gasteiger partial charge in [-0.25, -0.2) is 4.57 Å². The molecule has 53 heavy (non-hydrogen) atoms. The van der Waals surface area contributed by atoms with E-state index >= 15 is 0 Å². The number of carbonyl (C=O) groups is 2. The molecule has 0 radical (unpaired) electrons. The fraction of sp³-hybridized carbons (Fsp3) is 0.902. The van der Waals surface area contributed by atoms with Crippen LogP contribution in [0.5, 0.6) is 0 Å². The van der Waals surface area contributed by atoms with E-state index in [1.807, 2.05) is 27.2 Å². The number of phosphoric acid groups is 1. The van der Waals surface area contributed by atoms with Gasteiger partial charge in [-0.3, -0.25) is 18.6 Å². The van der Waals surface area contributed by atoms with Crippen molar-refractivity contribution in [3.63, 3.8) is 0 Å². The minimum atomic E-state index is -4.41. The van der Waals surface area contributed by atoms with Crippen molar-refractivity contribution >= 4 is 19.8 Å². The van der Waals surface area contributed by atoms with Crippen molar-refractivity contribution in [1.82, 2.24) is 0 Å². The summed E-state index contributed by atoms with van der Waals surface area (Å²) in [6, 6.07) is 0. The Labute approximate surface area is 323 Å². The summed E-state index contributed by atoms with van der Waals surface area (Å²) in [5, 5.41) is 20.5. The van der Waals surface area contributed by atoms with Crippen LogP contribution in [0.1, 0.15) is 174 Å². The van der Waals surface area contributed by atoms with E-state index in [1.54, 1.807) is 0 Å². The molecule has 0 aromatic rings. The van der Waals surface area contributed by atoms with Crippen molar-refractivity contribution in [3.8, 4) is 0 Å². The number of carbonyl (C=O) groups excluding carboxylic acids is 2. The van der Waals surface area contributed by atoms with E-state index in [2.05, 4.69) is 19.9 Å². The van der Waals surface area contributed by atoms with Gasteiger partial charge in [0.15, 0.2) is 6.10 Å². The zero-order chi connectivity index (χ0) is 39.6. The standard InChI is InChI=1S/C41H80NO10P/c1-6-8-10-12-14-15-16-17-18-19-23-27-31-40(45)49-35-37(36-51-53(47,48)50-34-33-42(3,4)5)52-41(46)32-28-24-20-22-26-30-39(44)38(43)29-25-21-13-11-9-7-2/h21,25,37-39,43-44H,6-20,22-24,26-36H2,1-5H3/p+1/b25-21-/t37-,38+,39+/m1/s1. The lowest BCUT2D eigenvalue weighted by atomic mass is 10.0. The summed E-state index contributed by atoms with van der Waals surface area (Å²) in [5.41, 5.74) is 0. The maximum absolute atomic E-state index is 12.7. The van der Waals surface area contributed by atoms with Crippen LogP contribution in [0.2, 0.25) is 0 Å². The Morgan fingerprint density at radius 1 is 0.642 bits per heavy atom. The first-order valence-corrected chi connectivity index (χ1v) is 22.6. The van der Waals surface area contributed by atoms with Crippen LogP contribution in [0, 0.1) is 0 Å². The lowest BCUT2D eigenvalue weighted by Gasteiger charge is -2.24. The molecule has 314 valence electrons. The van der Waals surface area contributed by atoms with E-state index in [0.29, 0.717) is 30.3 Å². The van der Waals surface area contributed by atoms with Crippen LogP contribution in [0.4, 0.5) is 0 Å². The molecule has 1 unspecified atom stereocenters. The number of rotatable bonds is 38. The van der Waals surface area contributed by atoms with Crippen molar-refractivity contribution in [2.75, 3.05) is 47.5 Å². The molecule has 0 rings (SSSR count). The predicted octanol–water partition coefficient (Wildman–Crippen LogP) is 9.35. The lowest BCUT2D eigenvalue weighted by molar-refractivity contribution is -0.870. The molecule has 12 heteroatoms. The smallest absolute Gasteiger partial charge is 0.462 e. The third kappa shape index (κ3) is 36.1. The molecule has 0 aliphatic carbocycles. The molecule has 0 saturated carbocycles. The molecule has 0 aliphatic rings. The fourth-order valence-electron chi connectivity index (χ4n) is 5.74. The summed E-state index contributed by atoms with van der Waals surface area (Å²) in [4.78, 5) is 35.3. The largest absolute Gasteiger partial charge is 0.472 e. The summed E-state index contributed by atoms with van der Waals surface area (Å²) >= 11 is 0. The molecule has 4 atom stereocenters. The minimum Gasteiger partial charge on any atom is -0.462 e. The van der Waals surface area contributed by atoms with E-state index in [4.69, 9.17) is 18.5 Å². The quantitative estimate of drug-likeness (QED) is 0.0182. The highest BCUT2D eigenvalue weighted by molar-refractivity contribution is 7.47. The monoisotopic (exact) mass is 779 g/mol. The first-order valence-electron chi connectivity index (χ1n) is 21.1. The van der Waals surface area contributed by atoms with Crippen LogP contribution < -0.4 is 0 Å². The van der Waals surface area contributed by atoms with E-state index in [1.165, 1.54) is 70.6 Å². The summed E-state index contributed by atoms with van der Waals surface area (Å²) in [6.45, 7) is 4.18. The SMILES string of the molecule is CCCCC/C=C\C[C@H](O)[C@@H](O)CCCCCCCC(=O)O[C@H](COC(=O)CCCCCCCCCCCCCC)COP(=O)(O)OCC[N+](C)(C)C. The van der Waals surface area contributed by atoms with Crippen molar-refractivity contribution in [3.05, 3.63) is 12.2 Å². The van der Waals surface area contributed by atoms with Gasteiger partial charge in [0.25, 0.3) is 0 Å². The number of unbranched alkanes of at least 4 members (excludes halogenated alkanes) is 18. The van der Waals surface area contributed by atoms with Gasteiger partial charge in [-0.15, -0.1) is 0 Å². The number of likely N-dealkylation sites (N-methyl/N-ethyl adjacent to an activating group) is 1. The molecular weight excluding hydrogens is 697 g/mol. The number of allylic oxidation sites excluding steroid dienone is 1. The summed E-state index contributed by atoms with van der Waals surface area (Å²) < 4.78 is 34.1. The van der Waals surface area contributed by atoms with Crippen LogP contribution in [-0.2, 0) is 32.7 Å². The van der Waals surface area contributed by atoms with Gasteiger partial charge in [0.2, 0.25) is 0 Å². The van der Waals surface area contributed by atoms with Crippen LogP contribution >= 0.6 is 7.82 Å². The average Bonchev–Trinajstić information content (AvgIpc) is 3.10. The Morgan fingerprint density at radius 2 is 1.15 bits per heavy atom. The summed E-state index contributed by atoms with van der Waals surface area (Å²) in [5.74, 6) is -0.906. The topological polar surface area (TPSA) is 149 Å². The fourth-order valence-corrected chi connectivity index (χ4v) is 6.48. The van der Waals surface area contributed by atoms with Gasteiger partial charge >= 0.3 is 19.8 Å². The van der Waals surface area contributed by atoms with Crippen LogP contribution in [0.25, 0.3) is 0 Å². The number of quaternary nitrogens is 1. The molecule has 0 spiro atoms. The van der Waals surface area contributed by atoms with Crippen molar-refractivity contribution in [2.45, 2.75) is 193 Å². The van der Waals surface area contributed by atoms with E-state index in [-0.39, 0.29) is 26.1 Å². The number of aliphatic hydroxyl groups is 2. The number of hydrogen-bond acceptors (Lipinski definition) is 9. The Morgan fingerprint density at radius 3 is 1.72 bits per heavy atom. The number of phosphoric ester groups is 1. The molecule has 0 saturated heterocycles. The number of aliphatic hydroxyl groups excluding tert-OH is 2. The molecule has 0 bridgehead atoms. The van der Waals surface area contributed by atoms with Gasteiger partial charge in [0.1, 0.15) is 19.8 Å². The van der Waals surface area contributed by atoms with Crippen LogP contribution in [0.15, 0.2) is 12.2 Å². The van der Waals surface area contributed by atoms with Gasteiger partial charge < -0.3 is 29.1 Å². The van der Waals surface area contributed by atoms with E-state index in [0.717, 1.165) is 57.8 Å². The molecule has 0 heterocycles. The van der Waals surface area contributed by atoms with Crippen molar-refractivity contribution in [2.24, 2.45) is 0 Å². The minimum absolute atomic E-state index is 0.00580. The number of nitrogens with zero attached hydrogens (tertiary/aromatic N) is 1.